The van der Waals surface area contributed by atoms with Crippen LogP contribution in [0.5, 0.6) is 0 Å². The topological polar surface area (TPSA) is 127 Å². The van der Waals surface area contributed by atoms with E-state index in [9.17, 15) is 13.2 Å². The maximum Gasteiger partial charge on any atom is 0.342 e. The van der Waals surface area contributed by atoms with Crippen LogP contribution in [0.3, 0.4) is 0 Å². The minimum absolute atomic E-state index is 0.131. The van der Waals surface area contributed by atoms with Crippen molar-refractivity contribution < 1.29 is 22.4 Å². The van der Waals surface area contributed by atoms with Gasteiger partial charge in [-0.15, -0.1) is 0 Å². The summed E-state index contributed by atoms with van der Waals surface area (Å²) in [5.74, 6) is 0.0184. The molecule has 2 aromatic rings. The maximum atomic E-state index is 12.1. The highest BCUT2D eigenvalue weighted by Gasteiger charge is 2.26. The average molecular weight is 314 g/mol. The van der Waals surface area contributed by atoms with Gasteiger partial charge in [0.15, 0.2) is 5.03 Å². The van der Waals surface area contributed by atoms with Crippen molar-refractivity contribution in [1.82, 2.24) is 19.9 Å². The Labute approximate surface area is 120 Å². The lowest BCUT2D eigenvalue weighted by Gasteiger charge is -2.05. The van der Waals surface area contributed by atoms with E-state index in [0.717, 1.165) is 6.20 Å². The molecule has 2 heterocycles. The van der Waals surface area contributed by atoms with Crippen LogP contribution in [0.15, 0.2) is 21.8 Å². The Kier molecular flexibility index (Phi) is 4.38. The van der Waals surface area contributed by atoms with Crippen LogP contribution in [0, 0.1) is 6.92 Å². The average Bonchev–Trinajstić information content (AvgIpc) is 3.05. The van der Waals surface area contributed by atoms with E-state index in [1.165, 1.54) is 6.20 Å². The molecule has 0 aliphatic rings. The third-order valence-electron chi connectivity index (χ3n) is 2.45. The van der Waals surface area contributed by atoms with Gasteiger partial charge in [0.25, 0.3) is 10.0 Å². The Morgan fingerprint density at radius 3 is 2.86 bits per heavy atom. The highest BCUT2D eigenvalue weighted by atomic mass is 32.2. The monoisotopic (exact) mass is 314 g/mol. The van der Waals surface area contributed by atoms with Gasteiger partial charge in [-0.05, 0) is 13.8 Å². The lowest BCUT2D eigenvalue weighted by atomic mass is 10.4. The van der Waals surface area contributed by atoms with Crippen LogP contribution < -0.4 is 4.72 Å². The van der Waals surface area contributed by atoms with Crippen molar-refractivity contribution in [3.63, 3.8) is 0 Å². The summed E-state index contributed by atoms with van der Waals surface area (Å²) in [4.78, 5) is 15.5. The third-order valence-corrected chi connectivity index (χ3v) is 3.82. The van der Waals surface area contributed by atoms with Crippen molar-refractivity contribution in [3.8, 4) is 0 Å². The Morgan fingerprint density at radius 1 is 1.48 bits per heavy atom. The van der Waals surface area contributed by atoms with Gasteiger partial charge < -0.3 is 9.15 Å². The molecular formula is C11H14N4O5S. The SMILES string of the molecule is CCOC(=O)c1cn[nH]c1S(=O)(=O)NCc1ncc(C)o1. The van der Waals surface area contributed by atoms with E-state index in [1.807, 2.05) is 0 Å². The molecule has 10 heteroatoms. The molecule has 0 saturated heterocycles. The summed E-state index contributed by atoms with van der Waals surface area (Å²) in [5, 5.41) is 5.48. The molecule has 0 radical (unpaired) electrons. The summed E-state index contributed by atoms with van der Waals surface area (Å²) in [7, 11) is -3.97. The highest BCUT2D eigenvalue weighted by Crippen LogP contribution is 2.13. The molecule has 114 valence electrons. The van der Waals surface area contributed by atoms with Crippen LogP contribution in [-0.4, -0.2) is 36.2 Å². The summed E-state index contributed by atoms with van der Waals surface area (Å²) in [6, 6.07) is 0. The van der Waals surface area contributed by atoms with Gasteiger partial charge in [0.05, 0.1) is 25.5 Å². The van der Waals surface area contributed by atoms with E-state index in [4.69, 9.17) is 9.15 Å². The van der Waals surface area contributed by atoms with Gasteiger partial charge in [0, 0.05) is 0 Å². The van der Waals surface area contributed by atoms with Crippen LogP contribution >= 0.6 is 0 Å². The number of sulfonamides is 1. The van der Waals surface area contributed by atoms with Gasteiger partial charge in [-0.1, -0.05) is 0 Å². The smallest absolute Gasteiger partial charge is 0.342 e. The molecule has 0 saturated carbocycles. The number of esters is 1. The molecule has 0 atom stereocenters. The number of nitrogens with one attached hydrogen (secondary N) is 2. The zero-order valence-electron chi connectivity index (χ0n) is 11.4. The molecule has 9 nitrogen and oxygen atoms in total. The predicted octanol–water partition coefficient (Wildman–Crippen LogP) is 0.361. The van der Waals surface area contributed by atoms with Crippen LogP contribution in [0.2, 0.25) is 0 Å². The van der Waals surface area contributed by atoms with Crippen LogP contribution in [0.25, 0.3) is 0 Å². The molecule has 2 N–H and O–H groups in total. The molecular weight excluding hydrogens is 300 g/mol. The maximum absolute atomic E-state index is 12.1. The lowest BCUT2D eigenvalue weighted by Crippen LogP contribution is -2.25. The summed E-state index contributed by atoms with van der Waals surface area (Å²) in [5.41, 5.74) is -0.159. The minimum Gasteiger partial charge on any atom is -0.462 e. The number of aromatic amines is 1. The second-order valence-corrected chi connectivity index (χ2v) is 5.73. The fraction of sp³-hybridized carbons (Fsp3) is 0.364. The van der Waals surface area contributed by atoms with Crippen molar-refractivity contribution in [1.29, 1.82) is 0 Å². The van der Waals surface area contributed by atoms with Crippen LogP contribution in [-0.2, 0) is 21.3 Å². The van der Waals surface area contributed by atoms with E-state index < -0.39 is 16.0 Å². The lowest BCUT2D eigenvalue weighted by molar-refractivity contribution is 0.0522. The Hall–Kier alpha value is -2.20. The van der Waals surface area contributed by atoms with Gasteiger partial charge >= 0.3 is 5.97 Å². The summed E-state index contributed by atoms with van der Waals surface area (Å²) in [6.45, 7) is 3.30. The van der Waals surface area contributed by atoms with Crippen molar-refractivity contribution in [2.24, 2.45) is 0 Å². The number of hydrogen-bond donors (Lipinski definition) is 2. The number of carbonyl (C=O) groups is 1. The molecule has 0 aliphatic heterocycles. The predicted molar refractivity (Wildman–Crippen MR) is 69.8 cm³/mol. The summed E-state index contributed by atoms with van der Waals surface area (Å²) >= 11 is 0. The molecule has 0 aromatic carbocycles. The van der Waals surface area contributed by atoms with E-state index in [-0.39, 0.29) is 29.6 Å². The van der Waals surface area contributed by atoms with Gasteiger partial charge in [-0.3, -0.25) is 5.10 Å². The van der Waals surface area contributed by atoms with Crippen molar-refractivity contribution in [2.75, 3.05) is 6.61 Å². The first-order valence-corrected chi connectivity index (χ1v) is 7.54. The fourth-order valence-corrected chi connectivity index (χ4v) is 2.60. The molecule has 0 spiro atoms. The normalized spacial score (nSPS) is 11.5. The standard InChI is InChI=1S/C11H14N4O5S/c1-3-19-11(16)8-5-13-15-10(8)21(17,18)14-6-9-12-4-7(2)20-9/h4-5,14H,3,6H2,1-2H3,(H,13,15). The van der Waals surface area contributed by atoms with E-state index in [2.05, 4.69) is 19.9 Å². The number of aryl methyl sites for hydroxylation is 1. The molecule has 2 aromatic heterocycles. The molecule has 0 bridgehead atoms. The van der Waals surface area contributed by atoms with Crippen molar-refractivity contribution in [2.45, 2.75) is 25.4 Å². The van der Waals surface area contributed by atoms with Crippen molar-refractivity contribution in [3.05, 3.63) is 29.6 Å². The van der Waals surface area contributed by atoms with E-state index in [1.54, 1.807) is 13.8 Å². The summed E-state index contributed by atoms with van der Waals surface area (Å²) in [6.07, 6.45) is 2.58. The second kappa shape index (κ2) is 6.06. The zero-order valence-corrected chi connectivity index (χ0v) is 12.2. The number of carbonyl (C=O) groups excluding carboxylic acids is 1. The van der Waals surface area contributed by atoms with Crippen molar-refractivity contribution >= 4 is 16.0 Å². The number of rotatable bonds is 6. The number of hydrogen-bond acceptors (Lipinski definition) is 7. The Bertz CT molecular complexity index is 733. The van der Waals surface area contributed by atoms with E-state index in [0.29, 0.717) is 5.76 Å². The zero-order chi connectivity index (χ0) is 15.5. The molecule has 21 heavy (non-hydrogen) atoms. The van der Waals surface area contributed by atoms with E-state index >= 15 is 0 Å². The fourth-order valence-electron chi connectivity index (χ4n) is 1.55. The first-order chi connectivity index (χ1) is 9.94. The molecule has 0 amide bonds. The first kappa shape index (κ1) is 15.2. The number of aromatic nitrogens is 3. The van der Waals surface area contributed by atoms with Crippen LogP contribution in [0.1, 0.15) is 28.9 Å². The summed E-state index contributed by atoms with van der Waals surface area (Å²) < 4.78 is 36.5. The number of ether oxygens (including phenoxy) is 1. The largest absolute Gasteiger partial charge is 0.462 e. The minimum atomic E-state index is -3.97. The van der Waals surface area contributed by atoms with Gasteiger partial charge in [-0.2, -0.15) is 5.10 Å². The van der Waals surface area contributed by atoms with Crippen LogP contribution in [0.4, 0.5) is 0 Å². The highest BCUT2D eigenvalue weighted by molar-refractivity contribution is 7.89. The molecule has 2 rings (SSSR count). The third kappa shape index (κ3) is 3.47. The Balaban J connectivity index is 2.16. The molecule has 0 unspecified atom stereocenters. The number of oxazole rings is 1. The number of nitrogens with zero attached hydrogens (tertiary/aromatic N) is 2. The van der Waals surface area contributed by atoms with Gasteiger partial charge in [0.2, 0.25) is 5.89 Å². The number of H-pyrrole nitrogens is 1. The second-order valence-electron chi connectivity index (χ2n) is 4.02. The quantitative estimate of drug-likeness (QED) is 0.737. The van der Waals surface area contributed by atoms with Gasteiger partial charge in [0.1, 0.15) is 11.3 Å². The Morgan fingerprint density at radius 2 is 2.24 bits per heavy atom. The van der Waals surface area contributed by atoms with Gasteiger partial charge in [-0.25, -0.2) is 22.9 Å². The molecule has 0 fully saturated rings. The first-order valence-electron chi connectivity index (χ1n) is 6.05. The molecule has 0 aliphatic carbocycles.